The first-order chi connectivity index (χ1) is 8.20. The molecule has 1 N–H and O–H groups in total. The Balaban J connectivity index is 2.28. The van der Waals surface area contributed by atoms with E-state index in [0.29, 0.717) is 6.61 Å². The first kappa shape index (κ1) is 11.5. The normalized spacial score (nSPS) is 10.6. The summed E-state index contributed by atoms with van der Waals surface area (Å²) in [6.07, 6.45) is 2.75. The lowest BCUT2D eigenvalue weighted by Crippen LogP contribution is -2.07. The Morgan fingerprint density at radius 2 is 2.24 bits per heavy atom. The van der Waals surface area contributed by atoms with E-state index in [0.717, 1.165) is 23.1 Å². The minimum absolute atomic E-state index is 0.0152. The summed E-state index contributed by atoms with van der Waals surface area (Å²) in [6, 6.07) is 7.60. The largest absolute Gasteiger partial charge is 0.494 e. The van der Waals surface area contributed by atoms with Crippen LogP contribution in [0, 0.1) is 0 Å². The number of fused-ring (bicyclic) bond motifs is 1. The number of aromatic nitrogens is 1. The van der Waals surface area contributed by atoms with Crippen LogP contribution in [0.2, 0.25) is 0 Å². The zero-order valence-electron chi connectivity index (χ0n) is 9.72. The van der Waals surface area contributed by atoms with Crippen molar-refractivity contribution in [2.24, 2.45) is 0 Å². The summed E-state index contributed by atoms with van der Waals surface area (Å²) in [7, 11) is 0. The van der Waals surface area contributed by atoms with Crippen LogP contribution >= 0.6 is 0 Å². The van der Waals surface area contributed by atoms with Crippen LogP contribution in [0.4, 0.5) is 0 Å². The van der Waals surface area contributed by atoms with Gasteiger partial charge in [0.15, 0.2) is 0 Å². The van der Waals surface area contributed by atoms with Crippen LogP contribution in [0.25, 0.3) is 10.9 Å². The van der Waals surface area contributed by atoms with E-state index in [9.17, 15) is 4.79 Å². The van der Waals surface area contributed by atoms with E-state index in [1.54, 1.807) is 10.8 Å². The molecule has 90 valence electrons. The minimum atomic E-state index is -0.839. The van der Waals surface area contributed by atoms with Crippen molar-refractivity contribution in [1.29, 1.82) is 0 Å². The van der Waals surface area contributed by atoms with Gasteiger partial charge in [0.05, 0.1) is 6.61 Å². The Bertz CT molecular complexity index is 530. The van der Waals surface area contributed by atoms with Gasteiger partial charge in [0.25, 0.3) is 0 Å². The first-order valence-corrected chi connectivity index (χ1v) is 5.64. The van der Waals surface area contributed by atoms with Crippen LogP contribution in [0.5, 0.6) is 5.75 Å². The van der Waals surface area contributed by atoms with Crippen molar-refractivity contribution in [2.45, 2.75) is 19.9 Å². The maximum absolute atomic E-state index is 10.7. The Morgan fingerprint density at radius 3 is 2.94 bits per heavy atom. The zero-order chi connectivity index (χ0) is 12.3. The van der Waals surface area contributed by atoms with Gasteiger partial charge >= 0.3 is 5.97 Å². The molecule has 4 heteroatoms. The second-order valence-electron chi connectivity index (χ2n) is 3.91. The summed E-state index contributed by atoms with van der Waals surface area (Å²) in [5.41, 5.74) is 0.913. The topological polar surface area (TPSA) is 51.5 Å². The van der Waals surface area contributed by atoms with Gasteiger partial charge in [-0.3, -0.25) is 4.79 Å². The SMILES string of the molecule is CCCOc1ccc2c(ccn2CC(=O)O)c1. The monoisotopic (exact) mass is 233 g/mol. The zero-order valence-corrected chi connectivity index (χ0v) is 9.72. The number of hydrogen-bond donors (Lipinski definition) is 1. The van der Waals surface area contributed by atoms with Gasteiger partial charge in [0, 0.05) is 17.1 Å². The molecule has 4 nitrogen and oxygen atoms in total. The summed E-state index contributed by atoms with van der Waals surface area (Å²) in [5.74, 6) is -0.0127. The standard InChI is InChI=1S/C13H15NO3/c1-2-7-17-11-3-4-12-10(8-11)5-6-14(12)9-13(15)16/h3-6,8H,2,7,9H2,1H3,(H,15,16). The summed E-state index contributed by atoms with van der Waals surface area (Å²) >= 11 is 0. The molecule has 0 aliphatic rings. The Morgan fingerprint density at radius 1 is 1.41 bits per heavy atom. The molecule has 0 fully saturated rings. The lowest BCUT2D eigenvalue weighted by atomic mass is 10.2. The summed E-state index contributed by atoms with van der Waals surface area (Å²) in [6.45, 7) is 2.74. The van der Waals surface area contributed by atoms with Gasteiger partial charge in [-0.15, -0.1) is 0 Å². The van der Waals surface area contributed by atoms with Gasteiger partial charge in [0.2, 0.25) is 0 Å². The molecule has 17 heavy (non-hydrogen) atoms. The molecule has 2 aromatic rings. The fourth-order valence-electron chi connectivity index (χ4n) is 1.77. The van der Waals surface area contributed by atoms with Crippen LogP contribution in [0.1, 0.15) is 13.3 Å². The van der Waals surface area contributed by atoms with Crippen molar-refractivity contribution in [3.8, 4) is 5.75 Å². The maximum Gasteiger partial charge on any atom is 0.323 e. The average Bonchev–Trinajstić information content (AvgIpc) is 2.68. The van der Waals surface area contributed by atoms with E-state index >= 15 is 0 Å². The highest BCUT2D eigenvalue weighted by Gasteiger charge is 2.05. The molecule has 0 saturated carbocycles. The number of hydrogen-bond acceptors (Lipinski definition) is 2. The van der Waals surface area contributed by atoms with Gasteiger partial charge < -0.3 is 14.4 Å². The van der Waals surface area contributed by atoms with E-state index < -0.39 is 5.97 Å². The molecule has 0 radical (unpaired) electrons. The smallest absolute Gasteiger partial charge is 0.323 e. The Kier molecular flexibility index (Phi) is 3.32. The molecule has 1 aromatic heterocycles. The van der Waals surface area contributed by atoms with E-state index in [1.165, 1.54) is 0 Å². The van der Waals surface area contributed by atoms with Crippen molar-refractivity contribution in [2.75, 3.05) is 6.61 Å². The molecule has 1 aromatic carbocycles. The van der Waals surface area contributed by atoms with Gasteiger partial charge in [-0.25, -0.2) is 0 Å². The average molecular weight is 233 g/mol. The predicted molar refractivity (Wildman–Crippen MR) is 65.4 cm³/mol. The van der Waals surface area contributed by atoms with Crippen LogP contribution in [-0.4, -0.2) is 22.2 Å². The van der Waals surface area contributed by atoms with Crippen molar-refractivity contribution in [3.63, 3.8) is 0 Å². The number of nitrogens with zero attached hydrogens (tertiary/aromatic N) is 1. The van der Waals surface area contributed by atoms with Crippen molar-refractivity contribution in [3.05, 3.63) is 30.5 Å². The quantitative estimate of drug-likeness (QED) is 0.863. The molecular weight excluding hydrogens is 218 g/mol. The molecule has 0 spiro atoms. The lowest BCUT2D eigenvalue weighted by Gasteiger charge is -2.05. The molecule has 2 rings (SSSR count). The third-order valence-electron chi connectivity index (χ3n) is 2.52. The maximum atomic E-state index is 10.7. The molecule has 0 amide bonds. The third kappa shape index (κ3) is 2.58. The van der Waals surface area contributed by atoms with Gasteiger partial charge in [-0.1, -0.05) is 6.92 Å². The van der Waals surface area contributed by atoms with Crippen LogP contribution in [-0.2, 0) is 11.3 Å². The van der Waals surface area contributed by atoms with E-state index in [4.69, 9.17) is 9.84 Å². The van der Waals surface area contributed by atoms with E-state index in [-0.39, 0.29) is 6.54 Å². The molecule has 1 heterocycles. The number of aliphatic carboxylic acids is 1. The van der Waals surface area contributed by atoms with Crippen molar-refractivity contribution >= 4 is 16.9 Å². The molecule has 0 aliphatic carbocycles. The summed E-state index contributed by atoms with van der Waals surface area (Å²) < 4.78 is 7.24. The number of rotatable bonds is 5. The molecule has 0 saturated heterocycles. The van der Waals surface area contributed by atoms with Crippen LogP contribution in [0.3, 0.4) is 0 Å². The highest BCUT2D eigenvalue weighted by molar-refractivity contribution is 5.83. The number of benzene rings is 1. The van der Waals surface area contributed by atoms with Crippen molar-refractivity contribution in [1.82, 2.24) is 4.57 Å². The summed E-state index contributed by atoms with van der Waals surface area (Å²) in [5, 5.41) is 9.77. The molecular formula is C13H15NO3. The fraction of sp³-hybridized carbons (Fsp3) is 0.308. The number of carbonyl (C=O) groups is 1. The second-order valence-corrected chi connectivity index (χ2v) is 3.91. The highest BCUT2D eigenvalue weighted by atomic mass is 16.5. The van der Waals surface area contributed by atoms with E-state index in [2.05, 4.69) is 6.92 Å². The predicted octanol–water partition coefficient (Wildman–Crippen LogP) is 2.51. The molecule has 0 atom stereocenters. The van der Waals surface area contributed by atoms with Gasteiger partial charge in [0.1, 0.15) is 12.3 Å². The Labute approximate surface area is 99.4 Å². The lowest BCUT2D eigenvalue weighted by molar-refractivity contribution is -0.137. The van der Waals surface area contributed by atoms with Crippen LogP contribution < -0.4 is 4.74 Å². The number of ether oxygens (including phenoxy) is 1. The fourth-order valence-corrected chi connectivity index (χ4v) is 1.77. The minimum Gasteiger partial charge on any atom is -0.494 e. The third-order valence-corrected chi connectivity index (χ3v) is 2.52. The summed E-state index contributed by atoms with van der Waals surface area (Å²) in [4.78, 5) is 10.7. The number of carboxylic acid groups (broad SMARTS) is 1. The van der Waals surface area contributed by atoms with Crippen LogP contribution in [0.15, 0.2) is 30.5 Å². The first-order valence-electron chi connectivity index (χ1n) is 5.64. The Hall–Kier alpha value is -1.97. The van der Waals surface area contributed by atoms with Gasteiger partial charge in [-0.2, -0.15) is 0 Å². The highest BCUT2D eigenvalue weighted by Crippen LogP contribution is 2.22. The molecule has 0 unspecified atom stereocenters. The number of carboxylic acids is 1. The van der Waals surface area contributed by atoms with Gasteiger partial charge in [-0.05, 0) is 30.7 Å². The second kappa shape index (κ2) is 4.91. The van der Waals surface area contributed by atoms with Crippen molar-refractivity contribution < 1.29 is 14.6 Å². The molecule has 0 bridgehead atoms. The van der Waals surface area contributed by atoms with E-state index in [1.807, 2.05) is 24.3 Å². The molecule has 0 aliphatic heterocycles.